The molecule has 1 heterocycles. The number of carbonyl (C=O) groups is 1. The summed E-state index contributed by atoms with van der Waals surface area (Å²) in [6.07, 6.45) is 1.95. The van der Waals surface area contributed by atoms with E-state index in [2.05, 4.69) is 0 Å². The van der Waals surface area contributed by atoms with E-state index in [9.17, 15) is 4.79 Å². The van der Waals surface area contributed by atoms with Gasteiger partial charge in [0.1, 0.15) is 0 Å². The number of thioether (sulfide) groups is 1. The molecule has 1 fully saturated rings. The highest BCUT2D eigenvalue weighted by Crippen LogP contribution is 2.23. The molecule has 1 aromatic rings. The lowest BCUT2D eigenvalue weighted by molar-refractivity contribution is -0.127. The third-order valence-corrected chi connectivity index (χ3v) is 4.40. The minimum Gasteiger partial charge on any atom is -0.352 e. The van der Waals surface area contributed by atoms with Crippen molar-refractivity contribution in [2.45, 2.75) is 24.0 Å². The Bertz CT molecular complexity index is 425. The molecule has 0 N–H and O–H groups in total. The zero-order chi connectivity index (χ0) is 14.4. The molecule has 1 amide bonds. The van der Waals surface area contributed by atoms with E-state index >= 15 is 0 Å². The van der Waals surface area contributed by atoms with Crippen LogP contribution in [-0.4, -0.2) is 43.9 Å². The van der Waals surface area contributed by atoms with E-state index in [1.165, 1.54) is 0 Å². The number of ether oxygens (including phenoxy) is 2. The van der Waals surface area contributed by atoms with Gasteiger partial charge in [0, 0.05) is 37.8 Å². The van der Waals surface area contributed by atoms with Gasteiger partial charge in [-0.15, -0.1) is 11.8 Å². The van der Waals surface area contributed by atoms with Gasteiger partial charge in [-0.1, -0.05) is 12.1 Å². The van der Waals surface area contributed by atoms with Gasteiger partial charge < -0.3 is 14.4 Å². The highest BCUT2D eigenvalue weighted by molar-refractivity contribution is 8.00. The molecule has 20 heavy (non-hydrogen) atoms. The minimum atomic E-state index is -0.333. The van der Waals surface area contributed by atoms with Gasteiger partial charge in [-0.25, -0.2) is 0 Å². The van der Waals surface area contributed by atoms with Gasteiger partial charge >= 0.3 is 0 Å². The Morgan fingerprint density at radius 1 is 1.20 bits per heavy atom. The fourth-order valence-electron chi connectivity index (χ4n) is 2.29. The predicted octanol–water partition coefficient (Wildman–Crippen LogP) is 2.69. The third-order valence-electron chi connectivity index (χ3n) is 3.40. The van der Waals surface area contributed by atoms with E-state index in [4.69, 9.17) is 9.47 Å². The zero-order valence-electron chi connectivity index (χ0n) is 12.0. The Kier molecular flexibility index (Phi) is 5.88. The van der Waals surface area contributed by atoms with Crippen LogP contribution in [0.3, 0.4) is 0 Å². The molecule has 0 radical (unpaired) electrons. The van der Waals surface area contributed by atoms with Crippen LogP contribution in [0, 0.1) is 0 Å². The summed E-state index contributed by atoms with van der Waals surface area (Å²) in [6.45, 7) is 1.84. The van der Waals surface area contributed by atoms with Crippen molar-refractivity contribution in [3.05, 3.63) is 29.8 Å². The first-order chi connectivity index (χ1) is 9.74. The highest BCUT2D eigenvalue weighted by Gasteiger charge is 2.17. The first-order valence-corrected chi connectivity index (χ1v) is 7.79. The number of amides is 1. The van der Waals surface area contributed by atoms with E-state index in [0.717, 1.165) is 36.4 Å². The maximum absolute atomic E-state index is 12.0. The van der Waals surface area contributed by atoms with Gasteiger partial charge in [-0.05, 0) is 25.0 Å². The van der Waals surface area contributed by atoms with Gasteiger partial charge in [0.25, 0.3) is 0 Å². The van der Waals surface area contributed by atoms with Crippen molar-refractivity contribution in [1.29, 1.82) is 0 Å². The molecule has 0 unspecified atom stereocenters. The van der Waals surface area contributed by atoms with E-state index in [-0.39, 0.29) is 12.2 Å². The van der Waals surface area contributed by atoms with Gasteiger partial charge in [0.05, 0.1) is 5.75 Å². The Morgan fingerprint density at radius 2 is 1.80 bits per heavy atom. The summed E-state index contributed by atoms with van der Waals surface area (Å²) in [7, 11) is 3.23. The van der Waals surface area contributed by atoms with Crippen molar-refractivity contribution in [2.24, 2.45) is 0 Å². The molecule has 1 saturated heterocycles. The lowest BCUT2D eigenvalue weighted by atomic mass is 10.2. The lowest BCUT2D eigenvalue weighted by Crippen LogP contribution is -2.29. The third kappa shape index (κ3) is 3.98. The van der Waals surface area contributed by atoms with Crippen LogP contribution in [0.1, 0.15) is 24.7 Å². The van der Waals surface area contributed by atoms with Crippen LogP contribution in [0.5, 0.6) is 0 Å². The van der Waals surface area contributed by atoms with Crippen molar-refractivity contribution < 1.29 is 14.3 Å². The quantitative estimate of drug-likeness (QED) is 0.597. The molecule has 0 aliphatic carbocycles. The molecule has 0 aromatic heterocycles. The molecule has 1 aliphatic rings. The Morgan fingerprint density at radius 3 is 2.35 bits per heavy atom. The second-order valence-electron chi connectivity index (χ2n) is 4.75. The van der Waals surface area contributed by atoms with E-state index in [1.54, 1.807) is 26.0 Å². The van der Waals surface area contributed by atoms with E-state index < -0.39 is 0 Å². The van der Waals surface area contributed by atoms with Crippen molar-refractivity contribution in [3.8, 4) is 0 Å². The molecule has 1 aromatic carbocycles. The second-order valence-corrected chi connectivity index (χ2v) is 5.80. The zero-order valence-corrected chi connectivity index (χ0v) is 12.8. The Labute approximate surface area is 124 Å². The normalized spacial score (nSPS) is 15.1. The average molecular weight is 295 g/mol. The number of rotatable bonds is 6. The van der Waals surface area contributed by atoms with Crippen molar-refractivity contribution in [1.82, 2.24) is 4.90 Å². The Balaban J connectivity index is 1.85. The monoisotopic (exact) mass is 295 g/mol. The van der Waals surface area contributed by atoms with Gasteiger partial charge in [-0.3, -0.25) is 4.79 Å². The van der Waals surface area contributed by atoms with Crippen molar-refractivity contribution in [3.63, 3.8) is 0 Å². The number of hydrogen-bond donors (Lipinski definition) is 0. The van der Waals surface area contributed by atoms with Gasteiger partial charge in [0.2, 0.25) is 5.91 Å². The molecule has 4 nitrogen and oxygen atoms in total. The molecule has 0 saturated carbocycles. The second kappa shape index (κ2) is 7.67. The summed E-state index contributed by atoms with van der Waals surface area (Å²) >= 11 is 1.58. The lowest BCUT2D eigenvalue weighted by Gasteiger charge is -2.15. The minimum absolute atomic E-state index is 0.239. The molecular formula is C15H21NO3S. The smallest absolute Gasteiger partial charge is 0.232 e. The van der Waals surface area contributed by atoms with Crippen molar-refractivity contribution >= 4 is 17.7 Å². The molecule has 5 heteroatoms. The SMILES string of the molecule is COC(OC)c1ccc(SCC(=O)N2CCCC2)cc1. The average Bonchev–Trinajstić information content (AvgIpc) is 3.01. The maximum atomic E-state index is 12.0. The first kappa shape index (κ1) is 15.4. The van der Waals surface area contributed by atoms with Crippen molar-refractivity contribution in [2.75, 3.05) is 33.1 Å². The topological polar surface area (TPSA) is 38.8 Å². The van der Waals surface area contributed by atoms with Crippen LogP contribution in [0.4, 0.5) is 0 Å². The maximum Gasteiger partial charge on any atom is 0.232 e. The van der Waals surface area contributed by atoms with Crippen LogP contribution in [-0.2, 0) is 14.3 Å². The number of nitrogens with zero attached hydrogens (tertiary/aromatic N) is 1. The van der Waals surface area contributed by atoms with Gasteiger partial charge in [0.15, 0.2) is 6.29 Å². The summed E-state index contributed by atoms with van der Waals surface area (Å²) in [6, 6.07) is 7.95. The molecule has 0 spiro atoms. The van der Waals surface area contributed by atoms with Crippen LogP contribution in [0.25, 0.3) is 0 Å². The fraction of sp³-hybridized carbons (Fsp3) is 0.533. The molecule has 0 bridgehead atoms. The summed E-state index contributed by atoms with van der Waals surface area (Å²) in [5.74, 6) is 0.750. The highest BCUT2D eigenvalue weighted by atomic mass is 32.2. The molecule has 110 valence electrons. The molecule has 0 atom stereocenters. The van der Waals surface area contributed by atoms with Crippen LogP contribution in [0.15, 0.2) is 29.2 Å². The summed E-state index contributed by atoms with van der Waals surface area (Å²) < 4.78 is 10.4. The fourth-order valence-corrected chi connectivity index (χ4v) is 3.09. The first-order valence-electron chi connectivity index (χ1n) is 6.80. The van der Waals surface area contributed by atoms with E-state index in [0.29, 0.717) is 5.75 Å². The molecule has 2 rings (SSSR count). The largest absolute Gasteiger partial charge is 0.352 e. The molecule has 1 aliphatic heterocycles. The van der Waals surface area contributed by atoms with Crippen LogP contribution < -0.4 is 0 Å². The summed E-state index contributed by atoms with van der Waals surface area (Å²) in [5.41, 5.74) is 0.977. The number of benzene rings is 1. The van der Waals surface area contributed by atoms with Crippen LogP contribution in [0.2, 0.25) is 0 Å². The standard InChI is InChI=1S/C15H21NO3S/c1-18-15(19-2)12-5-7-13(8-6-12)20-11-14(17)16-9-3-4-10-16/h5-8,15H,3-4,9-11H2,1-2H3. The number of likely N-dealkylation sites (tertiary alicyclic amines) is 1. The number of carbonyl (C=O) groups excluding carboxylic acids is 1. The summed E-state index contributed by atoms with van der Waals surface area (Å²) in [5, 5.41) is 0. The van der Waals surface area contributed by atoms with E-state index in [1.807, 2.05) is 29.2 Å². The molecular weight excluding hydrogens is 274 g/mol. The predicted molar refractivity (Wildman–Crippen MR) is 79.7 cm³/mol. The van der Waals surface area contributed by atoms with Crippen LogP contribution >= 0.6 is 11.8 Å². The number of hydrogen-bond acceptors (Lipinski definition) is 4. The summed E-state index contributed by atoms with van der Waals surface area (Å²) in [4.78, 5) is 15.0. The Hall–Kier alpha value is -1.04. The number of methoxy groups -OCH3 is 2. The van der Waals surface area contributed by atoms with Gasteiger partial charge in [-0.2, -0.15) is 0 Å².